The number of methoxy groups -OCH3 is 1. The summed E-state index contributed by atoms with van der Waals surface area (Å²) in [5.74, 6) is -0.384. The Hall–Kier alpha value is -4.64. The van der Waals surface area contributed by atoms with Crippen molar-refractivity contribution in [2.45, 2.75) is 0 Å². The summed E-state index contributed by atoms with van der Waals surface area (Å²) in [6.45, 7) is 0. The normalized spacial score (nSPS) is 11.3. The molecule has 0 saturated heterocycles. The summed E-state index contributed by atoms with van der Waals surface area (Å²) in [4.78, 5) is 26.6. The molecular weight excluding hydrogens is 426 g/mol. The molecule has 0 aliphatic rings. The Kier molecular flexibility index (Phi) is 4.56. The number of ether oxygens (including phenoxy) is 1. The van der Waals surface area contributed by atoms with E-state index in [1.54, 1.807) is 37.4 Å². The number of fused-ring (bicyclic) bond motifs is 3. The van der Waals surface area contributed by atoms with Gasteiger partial charge in [-0.15, -0.1) is 0 Å². The second kappa shape index (κ2) is 7.74. The molecule has 0 radical (unpaired) electrons. The van der Waals surface area contributed by atoms with Gasteiger partial charge in [-0.2, -0.15) is 0 Å². The highest BCUT2D eigenvalue weighted by Gasteiger charge is 2.23. The van der Waals surface area contributed by atoms with Crippen molar-refractivity contribution < 1.29 is 13.9 Å². The highest BCUT2D eigenvalue weighted by atomic mass is 16.5. The molecule has 0 saturated carbocycles. The molecule has 1 heterocycles. The molecule has 0 aliphatic heterocycles. The monoisotopic (exact) mass is 445 g/mol. The van der Waals surface area contributed by atoms with Crippen molar-refractivity contribution in [3.8, 4) is 16.9 Å². The second-order valence-electron chi connectivity index (χ2n) is 8.05. The van der Waals surface area contributed by atoms with Gasteiger partial charge in [0.1, 0.15) is 5.75 Å². The van der Waals surface area contributed by atoms with Crippen LogP contribution < -0.4 is 10.5 Å². The molecule has 164 valence electrons. The summed E-state index contributed by atoms with van der Waals surface area (Å²) in [5, 5.41) is 3.82. The molecule has 0 spiro atoms. The summed E-state index contributed by atoms with van der Waals surface area (Å²) in [6.07, 6.45) is 0. The minimum Gasteiger partial charge on any atom is -0.496 e. The second-order valence-corrected chi connectivity index (χ2v) is 8.05. The van der Waals surface area contributed by atoms with Crippen LogP contribution in [-0.4, -0.2) is 17.6 Å². The number of hydrogen-bond donors (Lipinski definition) is 0. The van der Waals surface area contributed by atoms with Crippen LogP contribution in [0.3, 0.4) is 0 Å². The third-order valence-electron chi connectivity index (χ3n) is 6.22. The number of carbonyl (C=O) groups is 1. The van der Waals surface area contributed by atoms with Gasteiger partial charge in [0.25, 0.3) is 5.91 Å². The summed E-state index contributed by atoms with van der Waals surface area (Å²) in [7, 11) is 1.64. The molecule has 5 nitrogen and oxygen atoms in total. The maximum atomic E-state index is 13.9. The lowest BCUT2D eigenvalue weighted by molar-refractivity contribution is 0.0957. The number of hydrogen-bond acceptors (Lipinski definition) is 4. The van der Waals surface area contributed by atoms with Crippen LogP contribution in [0.5, 0.6) is 5.75 Å². The third kappa shape index (κ3) is 2.94. The van der Waals surface area contributed by atoms with Crippen LogP contribution in [0.15, 0.2) is 106 Å². The molecule has 0 amide bonds. The zero-order chi connectivity index (χ0) is 23.2. The van der Waals surface area contributed by atoms with Crippen molar-refractivity contribution in [3.05, 3.63) is 113 Å². The first kappa shape index (κ1) is 20.0. The molecule has 6 rings (SSSR count). The fraction of sp³-hybridized carbons (Fsp3) is 0.0345. The molecule has 0 unspecified atom stereocenters. The van der Waals surface area contributed by atoms with Crippen molar-refractivity contribution in [2.75, 3.05) is 7.11 Å². The average Bonchev–Trinajstić information content (AvgIpc) is 3.22. The average molecular weight is 445 g/mol. The van der Waals surface area contributed by atoms with E-state index in [-0.39, 0.29) is 0 Å². The maximum Gasteiger partial charge on any atom is 0.427 e. The number of para-hydroxylation sites is 2. The van der Waals surface area contributed by atoms with Crippen LogP contribution in [0.1, 0.15) is 10.4 Å². The van der Waals surface area contributed by atoms with Crippen LogP contribution in [0.4, 0.5) is 0 Å². The first-order valence-electron chi connectivity index (χ1n) is 10.9. The predicted molar refractivity (Wildman–Crippen MR) is 134 cm³/mol. The van der Waals surface area contributed by atoms with Crippen molar-refractivity contribution in [2.24, 2.45) is 0 Å². The van der Waals surface area contributed by atoms with E-state index in [2.05, 4.69) is 0 Å². The lowest BCUT2D eigenvalue weighted by Gasteiger charge is -2.16. The summed E-state index contributed by atoms with van der Waals surface area (Å²) < 4.78 is 12.0. The molecular formula is C29H19NO4. The van der Waals surface area contributed by atoms with E-state index < -0.39 is 11.7 Å². The zero-order valence-electron chi connectivity index (χ0n) is 18.3. The molecule has 0 N–H and O–H groups in total. The summed E-state index contributed by atoms with van der Waals surface area (Å²) in [6, 6.07) is 30.4. The van der Waals surface area contributed by atoms with E-state index in [0.29, 0.717) is 16.7 Å². The molecule has 0 bridgehead atoms. The van der Waals surface area contributed by atoms with Gasteiger partial charge < -0.3 is 9.15 Å². The Labute approximate surface area is 194 Å². The Morgan fingerprint density at radius 3 is 2.29 bits per heavy atom. The van der Waals surface area contributed by atoms with Gasteiger partial charge in [0, 0.05) is 16.5 Å². The fourth-order valence-electron chi connectivity index (χ4n) is 4.69. The van der Waals surface area contributed by atoms with Crippen LogP contribution in [0.25, 0.3) is 43.8 Å². The molecule has 0 fully saturated rings. The van der Waals surface area contributed by atoms with E-state index in [9.17, 15) is 9.59 Å². The molecule has 0 aliphatic carbocycles. The van der Waals surface area contributed by atoms with E-state index in [1.165, 1.54) is 0 Å². The van der Waals surface area contributed by atoms with Crippen LogP contribution in [-0.2, 0) is 0 Å². The van der Waals surface area contributed by atoms with Gasteiger partial charge in [0.2, 0.25) is 0 Å². The Morgan fingerprint density at radius 1 is 0.765 bits per heavy atom. The molecule has 34 heavy (non-hydrogen) atoms. The number of rotatable bonds is 3. The number of aromatic nitrogens is 1. The fourth-order valence-corrected chi connectivity index (χ4v) is 4.69. The molecule has 5 aromatic carbocycles. The summed E-state index contributed by atoms with van der Waals surface area (Å²) >= 11 is 0. The third-order valence-corrected chi connectivity index (χ3v) is 6.22. The lowest BCUT2D eigenvalue weighted by atomic mass is 9.89. The zero-order valence-corrected chi connectivity index (χ0v) is 18.3. The van der Waals surface area contributed by atoms with E-state index in [1.807, 2.05) is 66.7 Å². The standard InChI is InChI=1S/C29H19NO4/c1-33-25-17-16-22(20-10-4-5-11-21(20)25)27-19-9-3-2-8-18(19)14-15-23(27)28(31)30-24-12-6-7-13-26(24)34-29(30)32/h2-17H,1H3. The van der Waals surface area contributed by atoms with E-state index in [0.717, 1.165) is 43.0 Å². The number of nitrogens with zero attached hydrogens (tertiary/aromatic N) is 1. The Balaban J connectivity index is 1.71. The van der Waals surface area contributed by atoms with Gasteiger partial charge >= 0.3 is 5.76 Å². The minimum absolute atomic E-state index is 0.373. The van der Waals surface area contributed by atoms with Gasteiger partial charge in [-0.05, 0) is 46.0 Å². The highest BCUT2D eigenvalue weighted by Crippen LogP contribution is 2.40. The number of oxazole rings is 1. The largest absolute Gasteiger partial charge is 0.496 e. The van der Waals surface area contributed by atoms with E-state index >= 15 is 0 Å². The minimum atomic E-state index is -0.704. The van der Waals surface area contributed by atoms with Crippen molar-refractivity contribution >= 4 is 38.6 Å². The van der Waals surface area contributed by atoms with Crippen molar-refractivity contribution in [1.29, 1.82) is 0 Å². The van der Waals surface area contributed by atoms with Gasteiger partial charge in [-0.25, -0.2) is 9.36 Å². The van der Waals surface area contributed by atoms with Gasteiger partial charge in [-0.1, -0.05) is 72.8 Å². The molecule has 6 aromatic rings. The van der Waals surface area contributed by atoms with Crippen molar-refractivity contribution in [3.63, 3.8) is 0 Å². The Bertz CT molecular complexity index is 1790. The maximum absolute atomic E-state index is 13.9. The first-order valence-corrected chi connectivity index (χ1v) is 10.9. The SMILES string of the molecule is COc1ccc(-c2c(C(=O)n3c(=O)oc4ccccc43)ccc3ccccc23)c2ccccc12. The molecule has 0 atom stereocenters. The number of benzene rings is 5. The van der Waals surface area contributed by atoms with Crippen LogP contribution >= 0.6 is 0 Å². The quantitative estimate of drug-likeness (QED) is 0.322. The summed E-state index contributed by atoms with van der Waals surface area (Å²) in [5.41, 5.74) is 2.88. The highest BCUT2D eigenvalue weighted by molar-refractivity contribution is 6.16. The van der Waals surface area contributed by atoms with Crippen LogP contribution in [0, 0.1) is 0 Å². The van der Waals surface area contributed by atoms with Gasteiger partial charge in [-0.3, -0.25) is 4.79 Å². The first-order chi connectivity index (χ1) is 16.7. The lowest BCUT2D eigenvalue weighted by Crippen LogP contribution is -2.23. The molecule has 1 aromatic heterocycles. The van der Waals surface area contributed by atoms with Gasteiger partial charge in [0.15, 0.2) is 5.58 Å². The van der Waals surface area contributed by atoms with Crippen molar-refractivity contribution in [1.82, 2.24) is 4.57 Å². The van der Waals surface area contributed by atoms with E-state index in [4.69, 9.17) is 9.15 Å². The number of carbonyl (C=O) groups excluding carboxylic acids is 1. The topological polar surface area (TPSA) is 61.4 Å². The smallest absolute Gasteiger partial charge is 0.427 e. The Morgan fingerprint density at radius 2 is 1.47 bits per heavy atom. The van der Waals surface area contributed by atoms with Gasteiger partial charge in [0.05, 0.1) is 12.6 Å². The van der Waals surface area contributed by atoms with Crippen LogP contribution in [0.2, 0.25) is 0 Å². The predicted octanol–water partition coefficient (Wildman–Crippen LogP) is 6.27. The molecule has 5 heteroatoms.